The number of halogens is 1. The maximum Gasteiger partial charge on any atom is 0.0456 e. The summed E-state index contributed by atoms with van der Waals surface area (Å²) in [7, 11) is 0. The topological polar surface area (TPSA) is 20.2 Å². The van der Waals surface area contributed by atoms with Crippen LogP contribution >= 0.6 is 15.9 Å². The first kappa shape index (κ1) is 10.4. The van der Waals surface area contributed by atoms with E-state index >= 15 is 0 Å². The monoisotopic (exact) mass is 208 g/mol. The van der Waals surface area contributed by atoms with E-state index in [1.165, 1.54) is 25.7 Å². The molecule has 0 bridgehead atoms. The van der Waals surface area contributed by atoms with E-state index in [1.807, 2.05) is 0 Å². The first-order valence-corrected chi connectivity index (χ1v) is 5.10. The number of aliphatic hydroxyl groups excluding tert-OH is 1. The van der Waals surface area contributed by atoms with E-state index < -0.39 is 0 Å². The van der Waals surface area contributed by atoms with Crippen LogP contribution < -0.4 is 0 Å². The Balaban J connectivity index is 2.89. The summed E-state index contributed by atoms with van der Waals surface area (Å²) < 4.78 is 0. The lowest BCUT2D eigenvalue weighted by Crippen LogP contribution is -1.99. The lowest BCUT2D eigenvalue weighted by atomic mass is 10.0. The van der Waals surface area contributed by atoms with Crippen molar-refractivity contribution in [2.75, 3.05) is 11.9 Å². The molecular formula is C8H17BrO. The SMILES string of the molecule is C[C@H](CO)CCCCCBr. The number of hydrogen-bond donors (Lipinski definition) is 1. The molecule has 0 saturated carbocycles. The van der Waals surface area contributed by atoms with E-state index in [9.17, 15) is 0 Å². The van der Waals surface area contributed by atoms with Crippen LogP contribution in [0.1, 0.15) is 32.6 Å². The molecule has 0 aromatic carbocycles. The van der Waals surface area contributed by atoms with Crippen molar-refractivity contribution in [3.63, 3.8) is 0 Å². The van der Waals surface area contributed by atoms with Gasteiger partial charge in [0.1, 0.15) is 0 Å². The van der Waals surface area contributed by atoms with E-state index in [-0.39, 0.29) is 0 Å². The van der Waals surface area contributed by atoms with E-state index in [0.29, 0.717) is 12.5 Å². The van der Waals surface area contributed by atoms with Crippen molar-refractivity contribution in [3.8, 4) is 0 Å². The van der Waals surface area contributed by atoms with Crippen LogP contribution in [0.3, 0.4) is 0 Å². The van der Waals surface area contributed by atoms with Gasteiger partial charge in [-0.3, -0.25) is 0 Å². The zero-order valence-corrected chi connectivity index (χ0v) is 8.23. The second-order valence-electron chi connectivity index (χ2n) is 2.83. The van der Waals surface area contributed by atoms with Crippen LogP contribution in [0.5, 0.6) is 0 Å². The Morgan fingerprint density at radius 1 is 1.30 bits per heavy atom. The van der Waals surface area contributed by atoms with E-state index in [2.05, 4.69) is 22.9 Å². The molecule has 0 rings (SSSR count). The minimum absolute atomic E-state index is 0.342. The second kappa shape index (κ2) is 7.55. The molecule has 1 nitrogen and oxygen atoms in total. The van der Waals surface area contributed by atoms with Crippen LogP contribution in [-0.4, -0.2) is 17.0 Å². The minimum Gasteiger partial charge on any atom is -0.396 e. The van der Waals surface area contributed by atoms with Gasteiger partial charge in [0, 0.05) is 11.9 Å². The molecule has 0 aliphatic rings. The average Bonchev–Trinajstić information content (AvgIpc) is 1.98. The molecule has 0 aliphatic heterocycles. The van der Waals surface area contributed by atoms with E-state index in [4.69, 9.17) is 5.11 Å². The highest BCUT2D eigenvalue weighted by molar-refractivity contribution is 9.09. The molecule has 0 amide bonds. The van der Waals surface area contributed by atoms with Crippen LogP contribution in [-0.2, 0) is 0 Å². The maximum absolute atomic E-state index is 8.68. The van der Waals surface area contributed by atoms with Crippen molar-refractivity contribution >= 4 is 15.9 Å². The van der Waals surface area contributed by atoms with Gasteiger partial charge in [0.2, 0.25) is 0 Å². The third-order valence-electron chi connectivity index (χ3n) is 1.64. The molecule has 0 aliphatic carbocycles. The zero-order chi connectivity index (χ0) is 7.82. The first-order chi connectivity index (χ1) is 4.81. The van der Waals surface area contributed by atoms with Crippen molar-refractivity contribution in [1.29, 1.82) is 0 Å². The molecule has 62 valence electrons. The molecule has 0 fully saturated rings. The van der Waals surface area contributed by atoms with E-state index in [0.717, 1.165) is 5.33 Å². The molecule has 0 spiro atoms. The van der Waals surface area contributed by atoms with Gasteiger partial charge in [-0.05, 0) is 18.8 Å². The molecule has 0 aromatic heterocycles. The predicted octanol–water partition coefficient (Wildman–Crippen LogP) is 2.57. The van der Waals surface area contributed by atoms with Crippen LogP contribution in [0.15, 0.2) is 0 Å². The van der Waals surface area contributed by atoms with Gasteiger partial charge in [0.15, 0.2) is 0 Å². The third kappa shape index (κ3) is 6.56. The number of alkyl halides is 1. The summed E-state index contributed by atoms with van der Waals surface area (Å²) in [4.78, 5) is 0. The molecule has 0 heterocycles. The fraction of sp³-hybridized carbons (Fsp3) is 1.00. The van der Waals surface area contributed by atoms with Gasteiger partial charge in [-0.25, -0.2) is 0 Å². The molecule has 2 heteroatoms. The molecule has 1 N–H and O–H groups in total. The van der Waals surface area contributed by atoms with Crippen LogP contribution in [0, 0.1) is 5.92 Å². The van der Waals surface area contributed by atoms with Crippen molar-refractivity contribution in [3.05, 3.63) is 0 Å². The van der Waals surface area contributed by atoms with Gasteiger partial charge >= 0.3 is 0 Å². The van der Waals surface area contributed by atoms with E-state index in [1.54, 1.807) is 0 Å². The van der Waals surface area contributed by atoms with Crippen molar-refractivity contribution in [1.82, 2.24) is 0 Å². The minimum atomic E-state index is 0.342. The Hall–Kier alpha value is 0.440. The smallest absolute Gasteiger partial charge is 0.0456 e. The Morgan fingerprint density at radius 2 is 2.00 bits per heavy atom. The number of aliphatic hydroxyl groups is 1. The fourth-order valence-electron chi connectivity index (χ4n) is 0.855. The fourth-order valence-corrected chi connectivity index (χ4v) is 1.25. The third-order valence-corrected chi connectivity index (χ3v) is 2.20. The van der Waals surface area contributed by atoms with Crippen LogP contribution in [0.25, 0.3) is 0 Å². The molecule has 0 saturated heterocycles. The molecule has 0 aromatic rings. The highest BCUT2D eigenvalue weighted by atomic mass is 79.9. The quantitative estimate of drug-likeness (QED) is 0.526. The summed E-state index contributed by atoms with van der Waals surface area (Å²) in [5.74, 6) is 0.496. The summed E-state index contributed by atoms with van der Waals surface area (Å²) >= 11 is 3.38. The summed E-state index contributed by atoms with van der Waals surface area (Å²) in [5, 5.41) is 9.79. The Morgan fingerprint density at radius 3 is 2.50 bits per heavy atom. The molecule has 1 atom stereocenters. The summed E-state index contributed by atoms with van der Waals surface area (Å²) in [6.07, 6.45) is 4.98. The average molecular weight is 209 g/mol. The number of hydrogen-bond acceptors (Lipinski definition) is 1. The molecule has 0 unspecified atom stereocenters. The van der Waals surface area contributed by atoms with Gasteiger partial charge in [0.25, 0.3) is 0 Å². The molecular weight excluding hydrogens is 192 g/mol. The predicted molar refractivity (Wildman–Crippen MR) is 48.5 cm³/mol. The van der Waals surface area contributed by atoms with Gasteiger partial charge in [0.05, 0.1) is 0 Å². The van der Waals surface area contributed by atoms with Gasteiger partial charge in [-0.1, -0.05) is 35.7 Å². The van der Waals surface area contributed by atoms with Crippen molar-refractivity contribution in [2.24, 2.45) is 5.92 Å². The number of rotatable bonds is 6. The lowest BCUT2D eigenvalue weighted by molar-refractivity contribution is 0.227. The Kier molecular flexibility index (Phi) is 7.88. The summed E-state index contributed by atoms with van der Waals surface area (Å²) in [6, 6.07) is 0. The standard InChI is InChI=1S/C8H17BrO/c1-8(7-10)5-3-2-4-6-9/h8,10H,2-7H2,1H3/t8-/m0/s1. The van der Waals surface area contributed by atoms with Gasteiger partial charge in [-0.2, -0.15) is 0 Å². The van der Waals surface area contributed by atoms with Gasteiger partial charge < -0.3 is 5.11 Å². The maximum atomic E-state index is 8.68. The van der Waals surface area contributed by atoms with Gasteiger partial charge in [-0.15, -0.1) is 0 Å². The highest BCUT2D eigenvalue weighted by Gasteiger charge is 1.97. The van der Waals surface area contributed by atoms with Crippen molar-refractivity contribution in [2.45, 2.75) is 32.6 Å². The zero-order valence-electron chi connectivity index (χ0n) is 6.65. The lowest BCUT2D eigenvalue weighted by Gasteiger charge is -2.05. The normalized spacial score (nSPS) is 13.5. The largest absolute Gasteiger partial charge is 0.396 e. The first-order valence-electron chi connectivity index (χ1n) is 3.98. The Labute approximate surface area is 72.0 Å². The molecule has 0 radical (unpaired) electrons. The summed E-state index contributed by atoms with van der Waals surface area (Å²) in [6.45, 7) is 2.43. The summed E-state index contributed by atoms with van der Waals surface area (Å²) in [5.41, 5.74) is 0. The Bertz CT molecular complexity index is 66.3. The van der Waals surface area contributed by atoms with Crippen molar-refractivity contribution < 1.29 is 5.11 Å². The second-order valence-corrected chi connectivity index (χ2v) is 3.62. The molecule has 10 heavy (non-hydrogen) atoms. The van der Waals surface area contributed by atoms with Crippen LogP contribution in [0.4, 0.5) is 0 Å². The van der Waals surface area contributed by atoms with Crippen LogP contribution in [0.2, 0.25) is 0 Å². The number of unbranched alkanes of at least 4 members (excludes halogenated alkanes) is 2. The highest BCUT2D eigenvalue weighted by Crippen LogP contribution is 2.08.